The summed E-state index contributed by atoms with van der Waals surface area (Å²) in [5.74, 6) is -0.565. The molecule has 0 aliphatic carbocycles. The van der Waals surface area contributed by atoms with Crippen molar-refractivity contribution in [2.24, 2.45) is 0 Å². The van der Waals surface area contributed by atoms with Gasteiger partial charge in [0.1, 0.15) is 17.1 Å². The fraction of sp³-hybridized carbons (Fsp3) is 0. The lowest BCUT2D eigenvalue weighted by Gasteiger charge is -2.11. The van der Waals surface area contributed by atoms with Gasteiger partial charge in [0.2, 0.25) is 0 Å². The summed E-state index contributed by atoms with van der Waals surface area (Å²) in [7, 11) is 0. The molecule has 1 N–H and O–H groups in total. The molecular weight excluding hydrogens is 379 g/mol. The number of hydrogen-bond acceptors (Lipinski definition) is 5. The van der Waals surface area contributed by atoms with Crippen LogP contribution in [0, 0.1) is 17.1 Å². The number of nitriles is 1. The lowest BCUT2D eigenvalue weighted by Crippen LogP contribution is -1.97. The second-order valence-corrected chi connectivity index (χ2v) is 5.81. The van der Waals surface area contributed by atoms with Crippen LogP contribution in [-0.2, 0) is 0 Å². The molecule has 21 heavy (non-hydrogen) atoms. The third kappa shape index (κ3) is 2.46. The van der Waals surface area contributed by atoms with Gasteiger partial charge in [0.05, 0.1) is 38.2 Å². The van der Waals surface area contributed by atoms with E-state index in [1.165, 1.54) is 12.1 Å². The Labute approximate surface area is 136 Å². The highest BCUT2D eigenvalue weighted by atomic mass is 79.9. The van der Waals surface area contributed by atoms with Gasteiger partial charge >= 0.3 is 0 Å². The number of nitrogens with one attached hydrogen (secondary N) is 1. The lowest BCUT2D eigenvalue weighted by molar-refractivity contribution is 0.624. The number of halogens is 3. The van der Waals surface area contributed by atoms with Crippen molar-refractivity contribution in [3.63, 3.8) is 0 Å². The Bertz CT molecular complexity index is 890. The summed E-state index contributed by atoms with van der Waals surface area (Å²) in [5.41, 5.74) is 2.16. The Hall–Kier alpha value is -1.75. The molecule has 4 nitrogen and oxygen atoms in total. The summed E-state index contributed by atoms with van der Waals surface area (Å²) in [6.45, 7) is 0. The van der Waals surface area contributed by atoms with Crippen molar-refractivity contribution in [3.8, 4) is 6.07 Å². The Morgan fingerprint density at radius 2 is 2.10 bits per heavy atom. The van der Waals surface area contributed by atoms with E-state index in [1.807, 2.05) is 6.07 Å². The van der Waals surface area contributed by atoms with Crippen molar-refractivity contribution >= 4 is 61.7 Å². The summed E-state index contributed by atoms with van der Waals surface area (Å²) >= 11 is 10.3. The molecule has 0 aliphatic heterocycles. The molecule has 0 unspecified atom stereocenters. The Morgan fingerprint density at radius 3 is 2.86 bits per heavy atom. The van der Waals surface area contributed by atoms with Gasteiger partial charge < -0.3 is 5.32 Å². The Kier molecular flexibility index (Phi) is 3.76. The molecule has 8 heteroatoms. The van der Waals surface area contributed by atoms with Crippen LogP contribution in [0.4, 0.5) is 15.8 Å². The van der Waals surface area contributed by atoms with Crippen molar-refractivity contribution in [1.82, 2.24) is 8.75 Å². The molecule has 0 bridgehead atoms. The van der Waals surface area contributed by atoms with Gasteiger partial charge in [-0.3, -0.25) is 0 Å². The third-order valence-corrected chi connectivity index (χ3v) is 4.47. The van der Waals surface area contributed by atoms with Crippen LogP contribution in [0.5, 0.6) is 0 Å². The lowest BCUT2D eigenvalue weighted by atomic mass is 10.2. The zero-order chi connectivity index (χ0) is 15.0. The predicted octanol–water partition coefficient (Wildman–Crippen LogP) is 4.86. The van der Waals surface area contributed by atoms with Crippen LogP contribution in [0.3, 0.4) is 0 Å². The molecule has 1 aromatic heterocycles. The fourth-order valence-electron chi connectivity index (χ4n) is 1.81. The Morgan fingerprint density at radius 1 is 1.29 bits per heavy atom. The summed E-state index contributed by atoms with van der Waals surface area (Å²) in [5, 5.41) is 12.2. The van der Waals surface area contributed by atoms with Gasteiger partial charge in [0.25, 0.3) is 0 Å². The van der Waals surface area contributed by atoms with Crippen LogP contribution in [0.1, 0.15) is 5.56 Å². The molecule has 0 aliphatic rings. The largest absolute Gasteiger partial charge is 0.350 e. The number of nitrogens with zero attached hydrogens (tertiary/aromatic N) is 3. The molecule has 3 aromatic rings. The molecular formula is C13H5BrClFN4S. The SMILES string of the molecule is N#Cc1ccc(Nc2c(Cl)ccc3nsnc23)c(F)c1Br. The highest BCUT2D eigenvalue weighted by Gasteiger charge is 2.15. The highest BCUT2D eigenvalue weighted by Crippen LogP contribution is 2.35. The van der Waals surface area contributed by atoms with Crippen LogP contribution in [-0.4, -0.2) is 8.75 Å². The van der Waals surface area contributed by atoms with Gasteiger partial charge in [0.15, 0.2) is 5.82 Å². The van der Waals surface area contributed by atoms with E-state index in [-0.39, 0.29) is 15.7 Å². The molecule has 2 aromatic carbocycles. The van der Waals surface area contributed by atoms with Gasteiger partial charge in [-0.15, -0.1) is 0 Å². The van der Waals surface area contributed by atoms with Gasteiger partial charge in [0, 0.05) is 0 Å². The first-order valence-electron chi connectivity index (χ1n) is 5.67. The van der Waals surface area contributed by atoms with Crippen LogP contribution < -0.4 is 5.32 Å². The number of benzene rings is 2. The van der Waals surface area contributed by atoms with E-state index >= 15 is 0 Å². The summed E-state index contributed by atoms with van der Waals surface area (Å²) in [6, 6.07) is 8.32. The Balaban J connectivity index is 2.11. The molecule has 0 fully saturated rings. The molecule has 3 rings (SSSR count). The third-order valence-electron chi connectivity index (χ3n) is 2.84. The zero-order valence-corrected chi connectivity index (χ0v) is 13.4. The van der Waals surface area contributed by atoms with E-state index in [2.05, 4.69) is 30.0 Å². The van der Waals surface area contributed by atoms with Crippen molar-refractivity contribution in [2.75, 3.05) is 5.32 Å². The maximum atomic E-state index is 14.3. The average Bonchev–Trinajstić information content (AvgIpc) is 2.95. The monoisotopic (exact) mass is 382 g/mol. The number of rotatable bonds is 2. The average molecular weight is 384 g/mol. The van der Waals surface area contributed by atoms with Gasteiger partial charge in [-0.05, 0) is 40.2 Å². The minimum Gasteiger partial charge on any atom is -0.350 e. The minimum atomic E-state index is -0.565. The van der Waals surface area contributed by atoms with Gasteiger partial charge in [-0.1, -0.05) is 11.6 Å². The molecule has 0 amide bonds. The number of aromatic nitrogens is 2. The first-order chi connectivity index (χ1) is 10.1. The molecule has 1 heterocycles. The maximum Gasteiger partial charge on any atom is 0.162 e. The van der Waals surface area contributed by atoms with Crippen LogP contribution in [0.15, 0.2) is 28.7 Å². The zero-order valence-electron chi connectivity index (χ0n) is 10.2. The van der Waals surface area contributed by atoms with Crippen LogP contribution >= 0.6 is 39.3 Å². The standard InChI is InChI=1S/C13H5BrClFN4S/c14-10-6(5-17)1-3-8(11(10)16)18-12-7(15)2-4-9-13(12)20-21-19-9/h1-4,18H. The number of fused-ring (bicyclic) bond motifs is 1. The summed E-state index contributed by atoms with van der Waals surface area (Å²) in [6.07, 6.45) is 0. The summed E-state index contributed by atoms with van der Waals surface area (Å²) < 4.78 is 22.6. The molecule has 0 radical (unpaired) electrons. The van der Waals surface area contributed by atoms with Crippen molar-refractivity contribution < 1.29 is 4.39 Å². The van der Waals surface area contributed by atoms with E-state index in [1.54, 1.807) is 12.1 Å². The van der Waals surface area contributed by atoms with E-state index in [4.69, 9.17) is 16.9 Å². The molecule has 0 saturated carbocycles. The quantitative estimate of drug-likeness (QED) is 0.686. The topological polar surface area (TPSA) is 61.6 Å². The molecule has 0 spiro atoms. The predicted molar refractivity (Wildman–Crippen MR) is 84.5 cm³/mol. The minimum absolute atomic E-state index is 0.106. The fourth-order valence-corrected chi connectivity index (χ4v) is 2.99. The normalized spacial score (nSPS) is 10.6. The molecule has 104 valence electrons. The van der Waals surface area contributed by atoms with Gasteiger partial charge in [-0.2, -0.15) is 14.0 Å². The first-order valence-corrected chi connectivity index (χ1v) is 7.58. The number of hydrogen-bond donors (Lipinski definition) is 1. The van der Waals surface area contributed by atoms with Crippen LogP contribution in [0.25, 0.3) is 11.0 Å². The number of anilines is 2. The van der Waals surface area contributed by atoms with E-state index in [0.717, 1.165) is 11.7 Å². The highest BCUT2D eigenvalue weighted by molar-refractivity contribution is 9.10. The molecule has 0 atom stereocenters. The second kappa shape index (κ2) is 5.56. The molecule has 0 saturated heterocycles. The second-order valence-electron chi connectivity index (χ2n) is 4.08. The van der Waals surface area contributed by atoms with E-state index in [0.29, 0.717) is 21.7 Å². The van der Waals surface area contributed by atoms with Gasteiger partial charge in [-0.25, -0.2) is 4.39 Å². The van der Waals surface area contributed by atoms with E-state index in [9.17, 15) is 4.39 Å². The van der Waals surface area contributed by atoms with Crippen molar-refractivity contribution in [2.45, 2.75) is 0 Å². The van der Waals surface area contributed by atoms with Crippen LogP contribution in [0.2, 0.25) is 5.02 Å². The van der Waals surface area contributed by atoms with Crippen molar-refractivity contribution in [3.05, 3.63) is 45.1 Å². The maximum absolute atomic E-state index is 14.3. The van der Waals surface area contributed by atoms with E-state index < -0.39 is 5.82 Å². The first kappa shape index (κ1) is 14.2. The van der Waals surface area contributed by atoms with Crippen molar-refractivity contribution in [1.29, 1.82) is 5.26 Å². The smallest absolute Gasteiger partial charge is 0.162 e. The summed E-state index contributed by atoms with van der Waals surface area (Å²) in [4.78, 5) is 0.